The van der Waals surface area contributed by atoms with E-state index in [-0.39, 0.29) is 5.57 Å². The van der Waals surface area contributed by atoms with E-state index in [1.807, 2.05) is 36.4 Å². The highest BCUT2D eigenvalue weighted by atomic mass is 16.2. The summed E-state index contributed by atoms with van der Waals surface area (Å²) in [5.74, 6) is -1.33. The molecule has 0 atom stereocenters. The molecule has 1 heterocycles. The van der Waals surface area contributed by atoms with Gasteiger partial charge in [0.05, 0.1) is 5.69 Å². The van der Waals surface area contributed by atoms with Gasteiger partial charge in [-0.3, -0.25) is 14.9 Å². The normalized spacial score (nSPS) is 16.6. The number of allylic oxidation sites excluding steroid dienone is 2. The summed E-state index contributed by atoms with van der Waals surface area (Å²) in [6, 6.07) is 15.8. The van der Waals surface area contributed by atoms with Gasteiger partial charge in [-0.25, -0.2) is 9.69 Å². The van der Waals surface area contributed by atoms with Gasteiger partial charge in [0.1, 0.15) is 5.57 Å². The number of carbonyl (C=O) groups is 3. The molecule has 2 aromatic carbocycles. The van der Waals surface area contributed by atoms with Crippen LogP contribution < -0.4 is 10.2 Å². The minimum atomic E-state index is -0.742. The van der Waals surface area contributed by atoms with E-state index < -0.39 is 17.8 Å². The van der Waals surface area contributed by atoms with Crippen LogP contribution >= 0.6 is 0 Å². The Bertz CT molecular complexity index is 898. The van der Waals surface area contributed by atoms with Crippen molar-refractivity contribution >= 4 is 29.6 Å². The Morgan fingerprint density at radius 3 is 2.32 bits per heavy atom. The Hall–Kier alpha value is -3.47. The minimum Gasteiger partial charge on any atom is -0.273 e. The van der Waals surface area contributed by atoms with E-state index in [4.69, 9.17) is 0 Å². The Labute approximate surface area is 145 Å². The number of carbonyl (C=O) groups excluding carboxylic acids is 3. The second-order valence-corrected chi connectivity index (χ2v) is 5.54. The van der Waals surface area contributed by atoms with Crippen LogP contribution in [0.2, 0.25) is 0 Å². The Morgan fingerprint density at radius 1 is 0.920 bits per heavy atom. The summed E-state index contributed by atoms with van der Waals surface area (Å²) < 4.78 is 0. The van der Waals surface area contributed by atoms with Crippen molar-refractivity contribution in [1.82, 2.24) is 5.32 Å². The largest absolute Gasteiger partial charge is 0.335 e. The number of nitrogens with zero attached hydrogens (tertiary/aromatic N) is 1. The first-order valence-electron chi connectivity index (χ1n) is 7.77. The van der Waals surface area contributed by atoms with Gasteiger partial charge in [0.15, 0.2) is 0 Å². The van der Waals surface area contributed by atoms with E-state index >= 15 is 0 Å². The van der Waals surface area contributed by atoms with E-state index in [1.54, 1.807) is 37.3 Å². The second-order valence-electron chi connectivity index (χ2n) is 5.54. The molecule has 124 valence electrons. The van der Waals surface area contributed by atoms with Crippen molar-refractivity contribution in [2.75, 3.05) is 4.90 Å². The molecule has 3 rings (SSSR count). The van der Waals surface area contributed by atoms with E-state index in [0.29, 0.717) is 5.69 Å². The molecular formula is C20H16N2O3. The van der Waals surface area contributed by atoms with Crippen LogP contribution in [-0.4, -0.2) is 17.8 Å². The fraction of sp³-hybridized carbons (Fsp3) is 0.0500. The van der Waals surface area contributed by atoms with E-state index in [1.165, 1.54) is 6.08 Å². The number of para-hydroxylation sites is 1. The molecule has 25 heavy (non-hydrogen) atoms. The van der Waals surface area contributed by atoms with Gasteiger partial charge in [-0.15, -0.1) is 0 Å². The van der Waals surface area contributed by atoms with Crippen LogP contribution in [0.5, 0.6) is 0 Å². The van der Waals surface area contributed by atoms with Crippen molar-refractivity contribution in [1.29, 1.82) is 0 Å². The van der Waals surface area contributed by atoms with Crippen LogP contribution in [0.4, 0.5) is 10.5 Å². The number of benzene rings is 2. The first-order valence-corrected chi connectivity index (χ1v) is 7.77. The summed E-state index contributed by atoms with van der Waals surface area (Å²) in [7, 11) is 0. The average Bonchev–Trinajstić information content (AvgIpc) is 2.60. The van der Waals surface area contributed by atoms with E-state index in [9.17, 15) is 14.4 Å². The third-order valence-electron chi connectivity index (χ3n) is 3.81. The molecule has 1 N–H and O–H groups in total. The van der Waals surface area contributed by atoms with E-state index in [2.05, 4.69) is 5.32 Å². The highest BCUT2D eigenvalue weighted by molar-refractivity contribution is 6.37. The van der Waals surface area contributed by atoms with Gasteiger partial charge in [-0.1, -0.05) is 60.7 Å². The van der Waals surface area contributed by atoms with Crippen LogP contribution in [0, 0.1) is 6.92 Å². The van der Waals surface area contributed by atoms with Gasteiger partial charge in [0.25, 0.3) is 11.8 Å². The zero-order chi connectivity index (χ0) is 17.8. The molecule has 0 saturated carbocycles. The third-order valence-corrected chi connectivity index (χ3v) is 3.81. The Balaban J connectivity index is 1.92. The van der Waals surface area contributed by atoms with Crippen molar-refractivity contribution < 1.29 is 14.4 Å². The van der Waals surface area contributed by atoms with Crippen LogP contribution in [0.25, 0.3) is 6.08 Å². The van der Waals surface area contributed by atoms with Gasteiger partial charge >= 0.3 is 6.03 Å². The molecule has 5 nitrogen and oxygen atoms in total. The lowest BCUT2D eigenvalue weighted by Crippen LogP contribution is -2.54. The Kier molecular flexibility index (Phi) is 4.57. The average molecular weight is 332 g/mol. The van der Waals surface area contributed by atoms with Crippen molar-refractivity contribution in [2.24, 2.45) is 0 Å². The molecule has 2 aromatic rings. The maximum atomic E-state index is 12.7. The first kappa shape index (κ1) is 16.4. The lowest BCUT2D eigenvalue weighted by molar-refractivity contribution is -0.122. The number of hydrogen-bond donors (Lipinski definition) is 1. The molecule has 1 fully saturated rings. The topological polar surface area (TPSA) is 66.5 Å². The second kappa shape index (κ2) is 6.97. The number of rotatable bonds is 3. The number of barbiturate groups is 1. The number of anilines is 1. The molecule has 1 saturated heterocycles. The van der Waals surface area contributed by atoms with Crippen molar-refractivity contribution in [3.63, 3.8) is 0 Å². The van der Waals surface area contributed by atoms with Gasteiger partial charge < -0.3 is 0 Å². The van der Waals surface area contributed by atoms with Crippen LogP contribution in [0.3, 0.4) is 0 Å². The van der Waals surface area contributed by atoms with Crippen LogP contribution in [0.1, 0.15) is 11.1 Å². The summed E-state index contributed by atoms with van der Waals surface area (Å²) in [5, 5.41) is 2.21. The van der Waals surface area contributed by atoms with Gasteiger partial charge in [-0.2, -0.15) is 0 Å². The fourth-order valence-electron chi connectivity index (χ4n) is 2.53. The number of amides is 4. The molecular weight excluding hydrogens is 316 g/mol. The summed E-state index contributed by atoms with van der Waals surface area (Å²) in [6.45, 7) is 1.80. The number of aryl methyl sites for hydroxylation is 1. The van der Waals surface area contributed by atoms with E-state index in [0.717, 1.165) is 16.0 Å². The van der Waals surface area contributed by atoms with Crippen molar-refractivity contribution in [2.45, 2.75) is 6.92 Å². The van der Waals surface area contributed by atoms with Gasteiger partial charge in [-0.05, 0) is 30.2 Å². The molecule has 0 radical (unpaired) electrons. The van der Waals surface area contributed by atoms with Crippen molar-refractivity contribution in [3.05, 3.63) is 83.4 Å². The lowest BCUT2D eigenvalue weighted by Gasteiger charge is -2.27. The number of nitrogens with one attached hydrogen (secondary N) is 1. The summed E-state index contributed by atoms with van der Waals surface area (Å²) in [5.41, 5.74) is 2.07. The highest BCUT2D eigenvalue weighted by Gasteiger charge is 2.36. The molecule has 1 aliphatic rings. The smallest absolute Gasteiger partial charge is 0.273 e. The van der Waals surface area contributed by atoms with Crippen molar-refractivity contribution in [3.8, 4) is 0 Å². The predicted molar refractivity (Wildman–Crippen MR) is 95.8 cm³/mol. The fourth-order valence-corrected chi connectivity index (χ4v) is 2.53. The van der Waals surface area contributed by atoms with Crippen LogP contribution in [0.15, 0.2) is 72.3 Å². The molecule has 0 spiro atoms. The van der Waals surface area contributed by atoms with Gasteiger partial charge in [0, 0.05) is 0 Å². The highest BCUT2D eigenvalue weighted by Crippen LogP contribution is 2.23. The third kappa shape index (κ3) is 3.40. The number of urea groups is 1. The molecule has 5 heteroatoms. The summed E-state index contributed by atoms with van der Waals surface area (Å²) in [4.78, 5) is 37.8. The molecule has 0 aliphatic carbocycles. The zero-order valence-electron chi connectivity index (χ0n) is 13.6. The maximum Gasteiger partial charge on any atom is 0.335 e. The Morgan fingerprint density at radius 2 is 1.60 bits per heavy atom. The number of imide groups is 2. The number of hydrogen-bond acceptors (Lipinski definition) is 3. The summed E-state index contributed by atoms with van der Waals surface area (Å²) in [6.07, 6.45) is 4.82. The lowest BCUT2D eigenvalue weighted by atomic mass is 10.1. The molecule has 1 aliphatic heterocycles. The maximum absolute atomic E-state index is 12.7. The molecule has 0 aromatic heterocycles. The zero-order valence-corrected chi connectivity index (χ0v) is 13.6. The first-order chi connectivity index (χ1) is 12.1. The SMILES string of the molecule is Cc1ccccc1N1C(=O)NC(=O)/C(=C\C=C\c2ccccc2)C1=O. The molecule has 0 unspecified atom stereocenters. The van der Waals surface area contributed by atoms with Gasteiger partial charge in [0.2, 0.25) is 0 Å². The molecule has 0 bridgehead atoms. The minimum absolute atomic E-state index is 0.0879. The molecule has 4 amide bonds. The standard InChI is InChI=1S/C20H16N2O3/c1-14-8-5-6-13-17(14)22-19(24)16(18(23)21-20(22)25)12-7-11-15-9-3-2-4-10-15/h2-13H,1H3,(H,21,23,25)/b11-7+,16-12+. The monoisotopic (exact) mass is 332 g/mol. The summed E-state index contributed by atoms with van der Waals surface area (Å²) >= 11 is 0. The quantitative estimate of drug-likeness (QED) is 0.693. The van der Waals surface area contributed by atoms with Crippen LogP contribution in [-0.2, 0) is 9.59 Å². The predicted octanol–water partition coefficient (Wildman–Crippen LogP) is 3.22.